The summed E-state index contributed by atoms with van der Waals surface area (Å²) in [6.45, 7) is 6.95. The SMILES string of the molecule is CCC1CN(Cc2ccc(Br)s2)CCCN1. The summed E-state index contributed by atoms with van der Waals surface area (Å²) in [6, 6.07) is 5.05. The number of nitrogens with one attached hydrogen (secondary N) is 1. The van der Waals surface area contributed by atoms with E-state index in [2.05, 4.69) is 45.2 Å². The Bertz CT molecular complexity index is 327. The smallest absolute Gasteiger partial charge is 0.0701 e. The highest BCUT2D eigenvalue weighted by Crippen LogP contribution is 2.23. The van der Waals surface area contributed by atoms with Crippen molar-refractivity contribution in [2.75, 3.05) is 19.6 Å². The third-order valence-electron chi connectivity index (χ3n) is 3.06. The fourth-order valence-electron chi connectivity index (χ4n) is 2.15. The molecule has 1 N–H and O–H groups in total. The molecule has 90 valence electrons. The van der Waals surface area contributed by atoms with E-state index >= 15 is 0 Å². The first-order valence-corrected chi connectivity index (χ1v) is 7.59. The van der Waals surface area contributed by atoms with Gasteiger partial charge in [-0.05, 0) is 54.0 Å². The Balaban J connectivity index is 1.92. The minimum Gasteiger partial charge on any atom is -0.313 e. The zero-order valence-electron chi connectivity index (χ0n) is 9.71. The summed E-state index contributed by atoms with van der Waals surface area (Å²) in [5.41, 5.74) is 0. The van der Waals surface area contributed by atoms with Gasteiger partial charge in [-0.1, -0.05) is 6.92 Å². The summed E-state index contributed by atoms with van der Waals surface area (Å²) in [5.74, 6) is 0. The van der Waals surface area contributed by atoms with Crippen molar-refractivity contribution in [3.63, 3.8) is 0 Å². The lowest BCUT2D eigenvalue weighted by Crippen LogP contribution is -2.36. The summed E-state index contributed by atoms with van der Waals surface area (Å²) in [6.07, 6.45) is 2.49. The lowest BCUT2D eigenvalue weighted by atomic mass is 10.2. The molecule has 1 saturated heterocycles. The quantitative estimate of drug-likeness (QED) is 0.923. The van der Waals surface area contributed by atoms with E-state index in [4.69, 9.17) is 0 Å². The van der Waals surface area contributed by atoms with E-state index < -0.39 is 0 Å². The number of halogens is 1. The van der Waals surface area contributed by atoms with E-state index in [0.717, 1.165) is 6.54 Å². The molecule has 4 heteroatoms. The standard InChI is InChI=1S/C12H19BrN2S/c1-2-10-8-15(7-3-6-14-10)9-11-4-5-12(13)16-11/h4-5,10,14H,2-3,6-9H2,1H3. The van der Waals surface area contributed by atoms with Crippen LogP contribution in [0.15, 0.2) is 15.9 Å². The second kappa shape index (κ2) is 6.15. The first-order valence-electron chi connectivity index (χ1n) is 5.98. The second-order valence-corrected chi connectivity index (χ2v) is 6.90. The summed E-state index contributed by atoms with van der Waals surface area (Å²) in [5, 5.41) is 3.60. The van der Waals surface area contributed by atoms with E-state index in [1.54, 1.807) is 0 Å². The monoisotopic (exact) mass is 302 g/mol. The van der Waals surface area contributed by atoms with Gasteiger partial charge in [0.25, 0.3) is 0 Å². The van der Waals surface area contributed by atoms with Crippen LogP contribution in [0, 0.1) is 0 Å². The first kappa shape index (κ1) is 12.6. The van der Waals surface area contributed by atoms with Crippen molar-refractivity contribution in [2.45, 2.75) is 32.4 Å². The normalized spacial score (nSPS) is 23.2. The Kier molecular flexibility index (Phi) is 4.82. The van der Waals surface area contributed by atoms with Gasteiger partial charge in [0.1, 0.15) is 0 Å². The average Bonchev–Trinajstić information content (AvgIpc) is 2.55. The van der Waals surface area contributed by atoms with Gasteiger partial charge in [0.2, 0.25) is 0 Å². The highest BCUT2D eigenvalue weighted by Gasteiger charge is 2.16. The van der Waals surface area contributed by atoms with Crippen LogP contribution < -0.4 is 5.32 Å². The fraction of sp³-hybridized carbons (Fsp3) is 0.667. The van der Waals surface area contributed by atoms with Crippen molar-refractivity contribution >= 4 is 27.3 Å². The van der Waals surface area contributed by atoms with Crippen molar-refractivity contribution in [2.24, 2.45) is 0 Å². The number of hydrogen-bond donors (Lipinski definition) is 1. The molecule has 2 nitrogen and oxygen atoms in total. The van der Waals surface area contributed by atoms with Crippen LogP contribution >= 0.6 is 27.3 Å². The molecule has 1 unspecified atom stereocenters. The van der Waals surface area contributed by atoms with E-state index in [1.165, 1.54) is 41.1 Å². The molecule has 1 fully saturated rings. The van der Waals surface area contributed by atoms with Gasteiger partial charge in [0, 0.05) is 24.0 Å². The van der Waals surface area contributed by atoms with Crippen molar-refractivity contribution in [3.8, 4) is 0 Å². The molecule has 0 bridgehead atoms. The zero-order chi connectivity index (χ0) is 11.4. The number of hydrogen-bond acceptors (Lipinski definition) is 3. The van der Waals surface area contributed by atoms with Crippen LogP contribution in [-0.2, 0) is 6.54 Å². The van der Waals surface area contributed by atoms with Crippen LogP contribution in [0.4, 0.5) is 0 Å². The predicted molar refractivity (Wildman–Crippen MR) is 74.0 cm³/mol. The van der Waals surface area contributed by atoms with Crippen LogP contribution in [0.3, 0.4) is 0 Å². The van der Waals surface area contributed by atoms with E-state index in [-0.39, 0.29) is 0 Å². The Morgan fingerprint density at radius 3 is 3.12 bits per heavy atom. The number of rotatable bonds is 3. The fourth-order valence-corrected chi connectivity index (χ4v) is 3.68. The third-order valence-corrected chi connectivity index (χ3v) is 4.67. The lowest BCUT2D eigenvalue weighted by Gasteiger charge is -2.22. The minimum atomic E-state index is 0.672. The van der Waals surface area contributed by atoms with Gasteiger partial charge in [-0.2, -0.15) is 0 Å². The zero-order valence-corrected chi connectivity index (χ0v) is 12.1. The van der Waals surface area contributed by atoms with Gasteiger partial charge >= 0.3 is 0 Å². The van der Waals surface area contributed by atoms with E-state index in [0.29, 0.717) is 6.04 Å². The Labute approximate surface area is 110 Å². The molecule has 0 spiro atoms. The molecule has 0 aromatic carbocycles. The van der Waals surface area contributed by atoms with Crippen molar-refractivity contribution < 1.29 is 0 Å². The molecule has 1 aromatic heterocycles. The molecule has 0 amide bonds. The Hall–Kier alpha value is 0.1000. The summed E-state index contributed by atoms with van der Waals surface area (Å²) in [4.78, 5) is 4.04. The average molecular weight is 303 g/mol. The molecule has 1 aliphatic heterocycles. The van der Waals surface area contributed by atoms with Crippen molar-refractivity contribution in [3.05, 3.63) is 20.8 Å². The first-order chi connectivity index (χ1) is 7.78. The Morgan fingerprint density at radius 1 is 1.56 bits per heavy atom. The molecule has 16 heavy (non-hydrogen) atoms. The molecular weight excluding hydrogens is 284 g/mol. The van der Waals surface area contributed by atoms with E-state index in [9.17, 15) is 0 Å². The largest absolute Gasteiger partial charge is 0.313 e. The van der Waals surface area contributed by atoms with Crippen molar-refractivity contribution in [1.82, 2.24) is 10.2 Å². The van der Waals surface area contributed by atoms with Gasteiger partial charge in [0.05, 0.1) is 3.79 Å². The van der Waals surface area contributed by atoms with Gasteiger partial charge in [0.15, 0.2) is 0 Å². The maximum Gasteiger partial charge on any atom is 0.0701 e. The molecule has 1 aliphatic rings. The van der Waals surface area contributed by atoms with Gasteiger partial charge in [-0.25, -0.2) is 0 Å². The molecule has 0 saturated carbocycles. The van der Waals surface area contributed by atoms with Crippen LogP contribution in [0.5, 0.6) is 0 Å². The molecule has 1 atom stereocenters. The lowest BCUT2D eigenvalue weighted by molar-refractivity contribution is 0.259. The molecule has 0 radical (unpaired) electrons. The maximum atomic E-state index is 3.60. The molecule has 2 heterocycles. The highest BCUT2D eigenvalue weighted by atomic mass is 79.9. The van der Waals surface area contributed by atoms with E-state index in [1.807, 2.05) is 11.3 Å². The van der Waals surface area contributed by atoms with Crippen LogP contribution in [0.2, 0.25) is 0 Å². The van der Waals surface area contributed by atoms with Crippen LogP contribution in [0.25, 0.3) is 0 Å². The summed E-state index contributed by atoms with van der Waals surface area (Å²) >= 11 is 5.38. The molecular formula is C12H19BrN2S. The molecule has 0 aliphatic carbocycles. The van der Waals surface area contributed by atoms with Gasteiger partial charge < -0.3 is 5.32 Å². The second-order valence-electron chi connectivity index (χ2n) is 4.35. The molecule has 2 rings (SSSR count). The summed E-state index contributed by atoms with van der Waals surface area (Å²) in [7, 11) is 0. The number of nitrogens with zero attached hydrogens (tertiary/aromatic N) is 1. The van der Waals surface area contributed by atoms with Crippen LogP contribution in [-0.4, -0.2) is 30.6 Å². The topological polar surface area (TPSA) is 15.3 Å². The van der Waals surface area contributed by atoms with Crippen molar-refractivity contribution in [1.29, 1.82) is 0 Å². The summed E-state index contributed by atoms with van der Waals surface area (Å²) < 4.78 is 1.24. The molecule has 1 aromatic rings. The Morgan fingerprint density at radius 2 is 2.44 bits per heavy atom. The van der Waals surface area contributed by atoms with Gasteiger partial charge in [-0.15, -0.1) is 11.3 Å². The minimum absolute atomic E-state index is 0.672. The van der Waals surface area contributed by atoms with Gasteiger partial charge in [-0.3, -0.25) is 4.90 Å². The number of thiophene rings is 1. The maximum absolute atomic E-state index is 3.60. The van der Waals surface area contributed by atoms with Crippen LogP contribution in [0.1, 0.15) is 24.6 Å². The third kappa shape index (κ3) is 3.55. The highest BCUT2D eigenvalue weighted by molar-refractivity contribution is 9.11. The predicted octanol–water partition coefficient (Wildman–Crippen LogP) is 3.08.